The molecule has 13 heavy (non-hydrogen) atoms. The first-order valence-corrected chi connectivity index (χ1v) is 3.19. The van der Waals surface area contributed by atoms with Gasteiger partial charge in [0.2, 0.25) is 6.54 Å². The van der Waals surface area contributed by atoms with Gasteiger partial charge in [0, 0.05) is 0 Å². The summed E-state index contributed by atoms with van der Waals surface area (Å²) in [7, 11) is 0. The number of carbonyl (C=O) groups excluding carboxylic acids is 2. The minimum atomic E-state index is -4.52. The second-order valence-electron chi connectivity index (χ2n) is 2.28. The number of alkyl halides is 3. The van der Waals surface area contributed by atoms with Crippen molar-refractivity contribution in [3.63, 3.8) is 0 Å². The van der Waals surface area contributed by atoms with Crippen molar-refractivity contribution in [3.8, 4) is 0 Å². The lowest BCUT2D eigenvalue weighted by Gasteiger charge is -2.03. The predicted octanol–water partition coefficient (Wildman–Crippen LogP) is -0.230. The molecule has 0 aliphatic carbocycles. The molecule has 0 saturated heterocycles. The second kappa shape index (κ2) is 3.08. The van der Waals surface area contributed by atoms with E-state index in [1.54, 1.807) is 0 Å². The summed E-state index contributed by atoms with van der Waals surface area (Å²) in [5, 5.41) is 0. The molecule has 0 bridgehead atoms. The fourth-order valence-corrected chi connectivity index (χ4v) is 0.745. The molecule has 0 aromatic carbocycles. The molecule has 0 aromatic heterocycles. The van der Waals surface area contributed by atoms with Gasteiger partial charge in [-0.05, 0) is 0 Å². The standard InChI is InChI=1S/C6H4F3N2O2/c7-6(8,9)3-11-2-1-10-4(12)5(11)13/h1-2H,3H2/q+1. The van der Waals surface area contributed by atoms with Crippen molar-refractivity contribution in [2.75, 3.05) is 6.54 Å². The summed E-state index contributed by atoms with van der Waals surface area (Å²) in [6, 6.07) is 0. The van der Waals surface area contributed by atoms with Crippen LogP contribution < -0.4 is 0 Å². The van der Waals surface area contributed by atoms with Crippen molar-refractivity contribution in [1.82, 2.24) is 0 Å². The van der Waals surface area contributed by atoms with Gasteiger partial charge in [0.05, 0.1) is 6.21 Å². The highest BCUT2D eigenvalue weighted by Gasteiger charge is 2.40. The largest absolute Gasteiger partial charge is 0.479 e. The lowest BCUT2D eigenvalue weighted by atomic mass is 10.4. The summed E-state index contributed by atoms with van der Waals surface area (Å²) >= 11 is 0. The summed E-state index contributed by atoms with van der Waals surface area (Å²) in [6.07, 6.45) is -2.84. The van der Waals surface area contributed by atoms with Crippen LogP contribution in [-0.2, 0) is 9.59 Å². The molecule has 0 radical (unpaired) electrons. The maximum absolute atomic E-state index is 11.8. The molecule has 1 aliphatic heterocycles. The van der Waals surface area contributed by atoms with E-state index in [0.29, 0.717) is 0 Å². The Morgan fingerprint density at radius 3 is 2.54 bits per heavy atom. The number of nitrogens with zero attached hydrogens (tertiary/aromatic N) is 2. The maximum atomic E-state index is 11.8. The Hall–Kier alpha value is -1.53. The third-order valence-electron chi connectivity index (χ3n) is 1.23. The molecule has 0 N–H and O–H groups in total. The van der Waals surface area contributed by atoms with Crippen molar-refractivity contribution < 1.29 is 27.3 Å². The molecule has 1 rings (SSSR count). The van der Waals surface area contributed by atoms with Gasteiger partial charge in [-0.15, -0.1) is 4.58 Å². The lowest BCUT2D eigenvalue weighted by Crippen LogP contribution is -2.38. The Morgan fingerprint density at radius 2 is 2.00 bits per heavy atom. The van der Waals surface area contributed by atoms with Crippen molar-refractivity contribution in [2.24, 2.45) is 4.99 Å². The summed E-state index contributed by atoms with van der Waals surface area (Å²) in [6.45, 7) is -1.47. The van der Waals surface area contributed by atoms with Crippen LogP contribution in [-0.4, -0.2) is 41.5 Å². The highest BCUT2D eigenvalue weighted by Crippen LogP contribution is 2.14. The molecule has 0 saturated carbocycles. The van der Waals surface area contributed by atoms with E-state index < -0.39 is 24.5 Å². The number of hydrogen-bond donors (Lipinski definition) is 0. The van der Waals surface area contributed by atoms with Gasteiger partial charge >= 0.3 is 18.0 Å². The zero-order valence-corrected chi connectivity index (χ0v) is 6.21. The van der Waals surface area contributed by atoms with E-state index in [-0.39, 0.29) is 4.58 Å². The van der Waals surface area contributed by atoms with Crippen LogP contribution in [0.4, 0.5) is 13.2 Å². The van der Waals surface area contributed by atoms with Gasteiger partial charge in [-0.3, -0.25) is 4.79 Å². The van der Waals surface area contributed by atoms with Crippen LogP contribution in [0.2, 0.25) is 0 Å². The zero-order chi connectivity index (χ0) is 10.1. The number of hydrogen-bond acceptors (Lipinski definition) is 2. The Kier molecular flexibility index (Phi) is 2.26. The highest BCUT2D eigenvalue weighted by molar-refractivity contribution is 6.39. The van der Waals surface area contributed by atoms with Crippen LogP contribution in [0.1, 0.15) is 0 Å². The summed E-state index contributed by atoms with van der Waals surface area (Å²) in [5.41, 5.74) is 0. The van der Waals surface area contributed by atoms with E-state index in [2.05, 4.69) is 4.99 Å². The average molecular weight is 193 g/mol. The van der Waals surface area contributed by atoms with E-state index in [1.807, 2.05) is 0 Å². The van der Waals surface area contributed by atoms with Crippen LogP contribution in [0.25, 0.3) is 0 Å². The third-order valence-corrected chi connectivity index (χ3v) is 1.23. The predicted molar refractivity (Wildman–Crippen MR) is 35.8 cm³/mol. The maximum Gasteiger partial charge on any atom is 0.479 e. The van der Waals surface area contributed by atoms with Crippen molar-refractivity contribution in [3.05, 3.63) is 0 Å². The molecular weight excluding hydrogens is 189 g/mol. The molecule has 1 aliphatic rings. The van der Waals surface area contributed by atoms with Gasteiger partial charge in [-0.1, -0.05) is 0 Å². The number of amides is 2. The molecule has 2 amide bonds. The molecule has 70 valence electrons. The third kappa shape index (κ3) is 2.46. The summed E-state index contributed by atoms with van der Waals surface area (Å²) in [5.74, 6) is -2.45. The first-order valence-electron chi connectivity index (χ1n) is 3.19. The molecule has 4 nitrogen and oxygen atoms in total. The highest BCUT2D eigenvalue weighted by atomic mass is 19.4. The van der Waals surface area contributed by atoms with E-state index in [4.69, 9.17) is 0 Å². The Morgan fingerprint density at radius 1 is 1.38 bits per heavy atom. The first kappa shape index (κ1) is 9.56. The number of rotatable bonds is 1. The molecule has 1 heterocycles. The number of halogens is 3. The minimum absolute atomic E-state index is 0.273. The smallest absolute Gasteiger partial charge is 0.255 e. The fraction of sp³-hybridized carbons (Fsp3) is 0.333. The minimum Gasteiger partial charge on any atom is -0.255 e. The molecule has 0 fully saturated rings. The average Bonchev–Trinajstić information content (AvgIpc) is 1.96. The van der Waals surface area contributed by atoms with Crippen molar-refractivity contribution >= 4 is 24.2 Å². The van der Waals surface area contributed by atoms with Gasteiger partial charge < -0.3 is 0 Å². The normalized spacial score (nSPS) is 17.6. The molecule has 0 atom stereocenters. The van der Waals surface area contributed by atoms with Crippen LogP contribution in [0.3, 0.4) is 0 Å². The van der Waals surface area contributed by atoms with Crippen molar-refractivity contribution in [2.45, 2.75) is 6.18 Å². The van der Waals surface area contributed by atoms with E-state index in [1.165, 1.54) is 0 Å². The Bertz CT molecular complexity index is 316. The van der Waals surface area contributed by atoms with E-state index in [9.17, 15) is 22.8 Å². The topological polar surface area (TPSA) is 49.5 Å². The van der Waals surface area contributed by atoms with Gasteiger partial charge in [0.15, 0.2) is 6.21 Å². The van der Waals surface area contributed by atoms with Gasteiger partial charge in [0.1, 0.15) is 0 Å². The van der Waals surface area contributed by atoms with E-state index in [0.717, 1.165) is 12.4 Å². The van der Waals surface area contributed by atoms with Crippen molar-refractivity contribution in [1.29, 1.82) is 0 Å². The number of aliphatic imine (C=N–C) groups is 1. The fourth-order valence-electron chi connectivity index (χ4n) is 0.745. The molecule has 0 unspecified atom stereocenters. The lowest BCUT2D eigenvalue weighted by molar-refractivity contribution is -0.477. The van der Waals surface area contributed by atoms with Crippen LogP contribution in [0.15, 0.2) is 4.99 Å². The van der Waals surface area contributed by atoms with Crippen LogP contribution >= 0.6 is 0 Å². The van der Waals surface area contributed by atoms with Gasteiger partial charge in [-0.2, -0.15) is 13.2 Å². The Balaban J connectivity index is 2.81. The SMILES string of the molecule is O=C1N=CC=[N+](CC(F)(F)F)C1=O. The Labute approximate surface area is 70.4 Å². The summed E-state index contributed by atoms with van der Waals surface area (Å²) < 4.78 is 35.6. The molecular formula is C6H4F3N2O2+. The molecule has 0 spiro atoms. The molecule has 7 heteroatoms. The van der Waals surface area contributed by atoms with Gasteiger partial charge in [-0.25, -0.2) is 9.79 Å². The monoisotopic (exact) mass is 193 g/mol. The first-order chi connectivity index (χ1) is 5.90. The van der Waals surface area contributed by atoms with E-state index >= 15 is 0 Å². The quantitative estimate of drug-likeness (QED) is 0.426. The second-order valence-corrected chi connectivity index (χ2v) is 2.28. The van der Waals surface area contributed by atoms with Gasteiger partial charge in [0.25, 0.3) is 0 Å². The zero-order valence-electron chi connectivity index (χ0n) is 6.21. The number of carbonyl (C=O) groups is 2. The summed E-state index contributed by atoms with van der Waals surface area (Å²) in [4.78, 5) is 24.3. The molecule has 0 aromatic rings. The van der Waals surface area contributed by atoms with Crippen LogP contribution in [0.5, 0.6) is 0 Å². The van der Waals surface area contributed by atoms with Crippen LogP contribution in [0, 0.1) is 0 Å².